The Bertz CT molecular complexity index is 581. The van der Waals surface area contributed by atoms with Crippen molar-refractivity contribution >= 4 is 45.1 Å². The van der Waals surface area contributed by atoms with Crippen LogP contribution in [0.5, 0.6) is 0 Å². The van der Waals surface area contributed by atoms with Crippen LogP contribution >= 0.6 is 39.3 Å². The number of hydrogen-bond donors (Lipinski definition) is 0. The number of carbonyl (C=O) groups excluding carboxylic acids is 1. The fourth-order valence-corrected chi connectivity index (χ4v) is 3.28. The first-order valence-corrected chi connectivity index (χ1v) is 7.29. The maximum absolute atomic E-state index is 11.3. The number of hydrogen-bond acceptors (Lipinski definition) is 2. The lowest BCUT2D eigenvalue weighted by molar-refractivity contribution is 0.101. The first-order chi connectivity index (χ1) is 8.56. The number of Topliss-reactive ketones (excluding diaryl/α,β-unsaturated/α-hetero) is 1. The molecule has 2 rings (SSSR count). The van der Waals surface area contributed by atoms with Gasteiger partial charge in [-0.2, -0.15) is 0 Å². The minimum absolute atomic E-state index is 0.0601. The van der Waals surface area contributed by atoms with Crippen LogP contribution in [0.4, 0.5) is 0 Å². The molecule has 0 saturated heterocycles. The lowest BCUT2D eigenvalue weighted by atomic mass is 10.2. The van der Waals surface area contributed by atoms with Crippen LogP contribution in [0.3, 0.4) is 0 Å². The monoisotopic (exact) mass is 340 g/mol. The molecule has 0 aliphatic carbocycles. The molecular formula is C14H10BrClOS. The van der Waals surface area contributed by atoms with E-state index in [4.69, 9.17) is 11.6 Å². The summed E-state index contributed by atoms with van der Waals surface area (Å²) in [4.78, 5) is 13.5. The Morgan fingerprint density at radius 2 is 1.72 bits per heavy atom. The molecule has 2 aromatic rings. The molecule has 0 radical (unpaired) electrons. The summed E-state index contributed by atoms with van der Waals surface area (Å²) in [6.45, 7) is 1.56. The van der Waals surface area contributed by atoms with Crippen LogP contribution in [0.15, 0.2) is 56.7 Å². The van der Waals surface area contributed by atoms with Gasteiger partial charge >= 0.3 is 0 Å². The minimum Gasteiger partial charge on any atom is -0.294 e. The second-order valence-electron chi connectivity index (χ2n) is 3.75. The first kappa shape index (κ1) is 13.7. The van der Waals surface area contributed by atoms with Crippen LogP contribution in [-0.4, -0.2) is 5.78 Å². The predicted molar refractivity (Wildman–Crippen MR) is 79.7 cm³/mol. The Morgan fingerprint density at radius 3 is 2.28 bits per heavy atom. The maximum atomic E-state index is 11.3. The van der Waals surface area contributed by atoms with Crippen molar-refractivity contribution in [2.45, 2.75) is 16.7 Å². The van der Waals surface area contributed by atoms with Crippen LogP contribution in [0.2, 0.25) is 5.02 Å². The van der Waals surface area contributed by atoms with Gasteiger partial charge in [-0.3, -0.25) is 4.79 Å². The van der Waals surface area contributed by atoms with E-state index in [1.165, 1.54) is 0 Å². The lowest BCUT2D eigenvalue weighted by Gasteiger charge is -2.05. The van der Waals surface area contributed by atoms with E-state index in [0.29, 0.717) is 5.56 Å². The SMILES string of the molecule is CC(=O)c1ccc(Sc2ccc(Cl)cc2)cc1Br. The molecule has 0 heterocycles. The second kappa shape index (κ2) is 5.91. The van der Waals surface area contributed by atoms with Crippen LogP contribution in [-0.2, 0) is 0 Å². The van der Waals surface area contributed by atoms with E-state index in [1.807, 2.05) is 42.5 Å². The third-order valence-electron chi connectivity index (χ3n) is 2.37. The second-order valence-corrected chi connectivity index (χ2v) is 6.19. The molecule has 0 unspecified atom stereocenters. The third kappa shape index (κ3) is 3.37. The van der Waals surface area contributed by atoms with Gasteiger partial charge in [-0.15, -0.1) is 0 Å². The summed E-state index contributed by atoms with van der Waals surface area (Å²) < 4.78 is 0.828. The molecule has 0 bridgehead atoms. The molecule has 0 aliphatic rings. The molecule has 0 aliphatic heterocycles. The highest BCUT2D eigenvalue weighted by atomic mass is 79.9. The van der Waals surface area contributed by atoms with Crippen molar-refractivity contribution in [2.24, 2.45) is 0 Å². The van der Waals surface area contributed by atoms with E-state index in [1.54, 1.807) is 18.7 Å². The topological polar surface area (TPSA) is 17.1 Å². The van der Waals surface area contributed by atoms with E-state index in [0.717, 1.165) is 19.3 Å². The first-order valence-electron chi connectivity index (χ1n) is 5.30. The van der Waals surface area contributed by atoms with E-state index in [2.05, 4.69) is 15.9 Å². The minimum atomic E-state index is 0.0601. The number of rotatable bonds is 3. The van der Waals surface area contributed by atoms with Gasteiger partial charge in [0, 0.05) is 24.8 Å². The van der Waals surface area contributed by atoms with Gasteiger partial charge in [0.15, 0.2) is 5.78 Å². The Balaban J connectivity index is 2.22. The van der Waals surface area contributed by atoms with Gasteiger partial charge in [0.05, 0.1) is 0 Å². The summed E-state index contributed by atoms with van der Waals surface area (Å²) >= 11 is 10.9. The largest absolute Gasteiger partial charge is 0.294 e. The molecule has 0 amide bonds. The van der Waals surface area contributed by atoms with Crippen LogP contribution in [0.25, 0.3) is 0 Å². The van der Waals surface area contributed by atoms with Crippen molar-refractivity contribution in [3.63, 3.8) is 0 Å². The highest BCUT2D eigenvalue weighted by Gasteiger charge is 2.06. The van der Waals surface area contributed by atoms with Crippen molar-refractivity contribution in [1.82, 2.24) is 0 Å². The van der Waals surface area contributed by atoms with Crippen LogP contribution in [0, 0.1) is 0 Å². The summed E-state index contributed by atoms with van der Waals surface area (Å²) in [5.41, 5.74) is 0.704. The fourth-order valence-electron chi connectivity index (χ4n) is 1.48. The van der Waals surface area contributed by atoms with Gasteiger partial charge in [-0.05, 0) is 49.4 Å². The summed E-state index contributed by atoms with van der Waals surface area (Å²) in [7, 11) is 0. The molecular weight excluding hydrogens is 332 g/mol. The summed E-state index contributed by atoms with van der Waals surface area (Å²) in [5, 5.41) is 0.729. The third-order valence-corrected chi connectivity index (χ3v) is 4.27. The number of benzene rings is 2. The molecule has 18 heavy (non-hydrogen) atoms. The number of carbonyl (C=O) groups is 1. The Labute approximate surface area is 124 Å². The maximum Gasteiger partial charge on any atom is 0.160 e. The Kier molecular flexibility index (Phi) is 4.49. The van der Waals surface area contributed by atoms with E-state index < -0.39 is 0 Å². The van der Waals surface area contributed by atoms with E-state index in [9.17, 15) is 4.79 Å². The molecule has 4 heteroatoms. The zero-order valence-electron chi connectivity index (χ0n) is 9.61. The van der Waals surface area contributed by atoms with Gasteiger partial charge < -0.3 is 0 Å². The molecule has 0 N–H and O–H groups in total. The summed E-state index contributed by atoms with van der Waals surface area (Å²) in [6.07, 6.45) is 0. The van der Waals surface area contributed by atoms with Gasteiger partial charge in [0.25, 0.3) is 0 Å². The number of ketones is 1. The summed E-state index contributed by atoms with van der Waals surface area (Å²) in [5.74, 6) is 0.0601. The van der Waals surface area contributed by atoms with Crippen molar-refractivity contribution in [2.75, 3.05) is 0 Å². The van der Waals surface area contributed by atoms with Crippen molar-refractivity contribution in [3.8, 4) is 0 Å². The van der Waals surface area contributed by atoms with Crippen molar-refractivity contribution in [1.29, 1.82) is 0 Å². The van der Waals surface area contributed by atoms with Gasteiger partial charge in [0.1, 0.15) is 0 Å². The summed E-state index contributed by atoms with van der Waals surface area (Å²) in [6, 6.07) is 13.4. The molecule has 0 aromatic heterocycles. The van der Waals surface area contributed by atoms with Crippen LogP contribution < -0.4 is 0 Å². The molecule has 0 fully saturated rings. The molecule has 0 saturated carbocycles. The Morgan fingerprint density at radius 1 is 1.11 bits per heavy atom. The molecule has 1 nitrogen and oxygen atoms in total. The zero-order chi connectivity index (χ0) is 13.1. The zero-order valence-corrected chi connectivity index (χ0v) is 12.8. The highest BCUT2D eigenvalue weighted by Crippen LogP contribution is 2.31. The quantitative estimate of drug-likeness (QED) is 0.690. The standard InChI is InChI=1S/C14H10BrClOS/c1-9(17)13-7-6-12(8-14(13)15)18-11-4-2-10(16)3-5-11/h2-8H,1H3. The Hall–Kier alpha value is -0.770. The normalized spacial score (nSPS) is 10.4. The van der Waals surface area contributed by atoms with Crippen molar-refractivity contribution in [3.05, 3.63) is 57.5 Å². The number of halogens is 2. The van der Waals surface area contributed by atoms with E-state index in [-0.39, 0.29) is 5.78 Å². The molecule has 0 spiro atoms. The fraction of sp³-hybridized carbons (Fsp3) is 0.0714. The van der Waals surface area contributed by atoms with Crippen LogP contribution in [0.1, 0.15) is 17.3 Å². The van der Waals surface area contributed by atoms with E-state index >= 15 is 0 Å². The predicted octanol–water partition coefficient (Wildman–Crippen LogP) is 5.46. The van der Waals surface area contributed by atoms with Gasteiger partial charge in [-0.1, -0.05) is 39.3 Å². The average Bonchev–Trinajstić information content (AvgIpc) is 2.32. The van der Waals surface area contributed by atoms with Crippen molar-refractivity contribution < 1.29 is 4.79 Å². The highest BCUT2D eigenvalue weighted by molar-refractivity contribution is 9.10. The molecule has 2 aromatic carbocycles. The van der Waals surface area contributed by atoms with Gasteiger partial charge in [-0.25, -0.2) is 0 Å². The smallest absolute Gasteiger partial charge is 0.160 e. The average molecular weight is 342 g/mol. The van der Waals surface area contributed by atoms with Gasteiger partial charge in [0.2, 0.25) is 0 Å². The molecule has 0 atom stereocenters. The molecule has 92 valence electrons. The lowest BCUT2D eigenvalue weighted by Crippen LogP contribution is -1.93.